The molecule has 1 aromatic carbocycles. The van der Waals surface area contributed by atoms with Gasteiger partial charge in [-0.25, -0.2) is 9.48 Å². The van der Waals surface area contributed by atoms with Crippen molar-refractivity contribution in [3.05, 3.63) is 30.6 Å². The lowest BCUT2D eigenvalue weighted by Crippen LogP contribution is -2.39. The zero-order valence-electron chi connectivity index (χ0n) is 14.1. The topological polar surface area (TPSA) is 79.2 Å². The number of aromatic nitrogens is 4. The zero-order chi connectivity index (χ0) is 16.9. The van der Waals surface area contributed by atoms with Gasteiger partial charge in [-0.3, -0.25) is 4.90 Å². The maximum atomic E-state index is 12.5. The zero-order valence-corrected chi connectivity index (χ0v) is 14.1. The molecule has 1 N–H and O–H groups in total. The Morgan fingerprint density at radius 3 is 2.92 bits per heavy atom. The number of likely N-dealkylation sites (tertiary alicyclic amines) is 1. The van der Waals surface area contributed by atoms with Crippen molar-refractivity contribution in [1.82, 2.24) is 30.0 Å². The first kappa shape index (κ1) is 16.4. The lowest BCUT2D eigenvalue weighted by Gasteiger charge is -2.26. The van der Waals surface area contributed by atoms with E-state index in [0.29, 0.717) is 6.04 Å². The molecule has 128 valence electrons. The van der Waals surface area contributed by atoms with Crippen LogP contribution in [0.4, 0.5) is 10.5 Å². The fourth-order valence-electron chi connectivity index (χ4n) is 3.17. The van der Waals surface area contributed by atoms with Crippen LogP contribution in [0.3, 0.4) is 0 Å². The van der Waals surface area contributed by atoms with E-state index in [-0.39, 0.29) is 6.03 Å². The predicted octanol–water partition coefficient (Wildman–Crippen LogP) is 1.61. The molecule has 0 radical (unpaired) electrons. The Morgan fingerprint density at radius 2 is 2.21 bits per heavy atom. The van der Waals surface area contributed by atoms with Crippen molar-refractivity contribution in [2.24, 2.45) is 0 Å². The summed E-state index contributed by atoms with van der Waals surface area (Å²) in [6.45, 7) is 7.93. The van der Waals surface area contributed by atoms with Gasteiger partial charge in [0.2, 0.25) is 0 Å². The van der Waals surface area contributed by atoms with Gasteiger partial charge < -0.3 is 10.2 Å². The van der Waals surface area contributed by atoms with Crippen LogP contribution in [0.15, 0.2) is 30.6 Å². The molecule has 2 amide bonds. The van der Waals surface area contributed by atoms with Crippen LogP contribution in [0, 0.1) is 0 Å². The highest BCUT2D eigenvalue weighted by molar-refractivity contribution is 5.89. The number of amides is 2. The van der Waals surface area contributed by atoms with Gasteiger partial charge in [0.1, 0.15) is 6.33 Å². The van der Waals surface area contributed by atoms with Gasteiger partial charge in [0.15, 0.2) is 0 Å². The molecule has 8 nitrogen and oxygen atoms in total. The summed E-state index contributed by atoms with van der Waals surface area (Å²) in [6, 6.07) is 7.88. The number of hydrogen-bond acceptors (Lipinski definition) is 5. The summed E-state index contributed by atoms with van der Waals surface area (Å²) >= 11 is 0. The number of nitrogens with one attached hydrogen (secondary N) is 1. The van der Waals surface area contributed by atoms with Crippen LogP contribution in [0.1, 0.15) is 20.3 Å². The Labute approximate surface area is 141 Å². The van der Waals surface area contributed by atoms with Crippen LogP contribution in [-0.2, 0) is 0 Å². The van der Waals surface area contributed by atoms with Crippen LogP contribution in [0.25, 0.3) is 5.69 Å². The van der Waals surface area contributed by atoms with Crippen molar-refractivity contribution in [2.45, 2.75) is 26.3 Å². The van der Waals surface area contributed by atoms with E-state index in [9.17, 15) is 4.79 Å². The molecule has 3 rings (SSSR count). The van der Waals surface area contributed by atoms with Crippen molar-refractivity contribution < 1.29 is 4.79 Å². The molecule has 1 aliphatic rings. The summed E-state index contributed by atoms with van der Waals surface area (Å²) in [5.74, 6) is 0. The molecule has 0 bridgehead atoms. The van der Waals surface area contributed by atoms with Gasteiger partial charge in [-0.05, 0) is 48.1 Å². The molecule has 1 aliphatic heterocycles. The van der Waals surface area contributed by atoms with E-state index in [1.807, 2.05) is 29.2 Å². The summed E-state index contributed by atoms with van der Waals surface area (Å²) < 4.78 is 1.56. The van der Waals surface area contributed by atoms with E-state index in [1.54, 1.807) is 4.68 Å². The number of nitrogens with zero attached hydrogens (tertiary/aromatic N) is 6. The third-order valence-electron chi connectivity index (χ3n) is 4.49. The maximum Gasteiger partial charge on any atom is 0.321 e. The summed E-state index contributed by atoms with van der Waals surface area (Å²) in [4.78, 5) is 16.8. The Bertz CT molecular complexity index is 669. The molecular formula is C16H23N7O. The molecule has 2 heterocycles. The Kier molecular flexibility index (Phi) is 5.05. The fourth-order valence-corrected chi connectivity index (χ4v) is 3.17. The van der Waals surface area contributed by atoms with E-state index < -0.39 is 0 Å². The van der Waals surface area contributed by atoms with Crippen LogP contribution in [0.5, 0.6) is 0 Å². The lowest BCUT2D eigenvalue weighted by atomic mass is 10.2. The molecule has 1 fully saturated rings. The second-order valence-electron chi connectivity index (χ2n) is 5.84. The highest BCUT2D eigenvalue weighted by atomic mass is 16.2. The largest absolute Gasteiger partial charge is 0.323 e. The van der Waals surface area contributed by atoms with Crippen LogP contribution < -0.4 is 5.32 Å². The molecule has 0 spiro atoms. The number of tetrazole rings is 1. The first-order valence-corrected chi connectivity index (χ1v) is 8.34. The van der Waals surface area contributed by atoms with E-state index in [2.05, 4.69) is 39.6 Å². The van der Waals surface area contributed by atoms with Crippen molar-refractivity contribution >= 4 is 11.7 Å². The van der Waals surface area contributed by atoms with Gasteiger partial charge in [0, 0.05) is 24.8 Å². The van der Waals surface area contributed by atoms with Crippen molar-refractivity contribution in [3.63, 3.8) is 0 Å². The molecule has 24 heavy (non-hydrogen) atoms. The predicted molar refractivity (Wildman–Crippen MR) is 91.1 cm³/mol. The van der Waals surface area contributed by atoms with Crippen molar-refractivity contribution in [3.8, 4) is 5.69 Å². The van der Waals surface area contributed by atoms with Crippen LogP contribution in [-0.4, -0.2) is 68.3 Å². The van der Waals surface area contributed by atoms with Gasteiger partial charge in [0.05, 0.1) is 5.69 Å². The van der Waals surface area contributed by atoms with Gasteiger partial charge >= 0.3 is 6.03 Å². The number of hydrogen-bond donors (Lipinski definition) is 1. The minimum absolute atomic E-state index is 0.0569. The average Bonchev–Trinajstić information content (AvgIpc) is 3.28. The average molecular weight is 329 g/mol. The third-order valence-corrected chi connectivity index (χ3v) is 4.49. The Hall–Kier alpha value is -2.48. The summed E-state index contributed by atoms with van der Waals surface area (Å²) in [5.41, 5.74) is 1.54. The van der Waals surface area contributed by atoms with Crippen LogP contribution in [0.2, 0.25) is 0 Å². The number of carbonyl (C=O) groups is 1. The number of rotatable bonds is 5. The van der Waals surface area contributed by atoms with Crippen molar-refractivity contribution in [1.29, 1.82) is 0 Å². The molecule has 0 saturated carbocycles. The summed E-state index contributed by atoms with van der Waals surface area (Å²) in [7, 11) is 0. The normalized spacial score (nSPS) is 17.5. The molecule has 1 saturated heterocycles. The standard InChI is InChI=1S/C16H23N7O/c1-3-21(4-2)15-8-9-22(11-15)16(24)18-13-6-5-7-14(10-13)23-12-17-19-20-23/h5-7,10,12,15H,3-4,8-9,11H2,1-2H3,(H,18,24)/t15-/m0/s1. The fraction of sp³-hybridized carbons (Fsp3) is 0.500. The number of urea groups is 1. The molecule has 1 aromatic heterocycles. The highest BCUT2D eigenvalue weighted by Crippen LogP contribution is 2.18. The summed E-state index contributed by atoms with van der Waals surface area (Å²) in [5, 5.41) is 14.1. The minimum Gasteiger partial charge on any atom is -0.323 e. The second kappa shape index (κ2) is 7.39. The molecule has 2 aromatic rings. The van der Waals surface area contributed by atoms with E-state index in [4.69, 9.17) is 0 Å². The lowest BCUT2D eigenvalue weighted by molar-refractivity contribution is 0.202. The quantitative estimate of drug-likeness (QED) is 0.901. The second-order valence-corrected chi connectivity index (χ2v) is 5.84. The highest BCUT2D eigenvalue weighted by Gasteiger charge is 2.29. The molecule has 1 atom stereocenters. The van der Waals surface area contributed by atoms with E-state index >= 15 is 0 Å². The third kappa shape index (κ3) is 3.53. The molecule has 0 unspecified atom stereocenters. The van der Waals surface area contributed by atoms with Gasteiger partial charge in [-0.1, -0.05) is 19.9 Å². The van der Waals surface area contributed by atoms with E-state index in [1.165, 1.54) is 6.33 Å². The Morgan fingerprint density at radius 1 is 1.38 bits per heavy atom. The molecule has 8 heteroatoms. The van der Waals surface area contributed by atoms with E-state index in [0.717, 1.165) is 44.0 Å². The maximum absolute atomic E-state index is 12.5. The van der Waals surface area contributed by atoms with Crippen molar-refractivity contribution in [2.75, 3.05) is 31.5 Å². The number of anilines is 1. The number of carbonyl (C=O) groups excluding carboxylic acids is 1. The summed E-state index contributed by atoms with van der Waals surface area (Å²) in [6.07, 6.45) is 2.55. The smallest absolute Gasteiger partial charge is 0.321 e. The van der Waals surface area contributed by atoms with Gasteiger partial charge in [-0.2, -0.15) is 0 Å². The van der Waals surface area contributed by atoms with Gasteiger partial charge in [-0.15, -0.1) is 5.10 Å². The minimum atomic E-state index is -0.0569. The Balaban J connectivity index is 1.62. The number of likely N-dealkylation sites (N-methyl/N-ethyl adjacent to an activating group) is 1. The van der Waals surface area contributed by atoms with Gasteiger partial charge in [0.25, 0.3) is 0 Å². The first-order chi connectivity index (χ1) is 11.7. The van der Waals surface area contributed by atoms with Crippen LogP contribution >= 0.6 is 0 Å². The monoisotopic (exact) mass is 329 g/mol. The SMILES string of the molecule is CCN(CC)[C@H]1CCN(C(=O)Nc2cccc(-n3cnnn3)c2)C1. The first-order valence-electron chi connectivity index (χ1n) is 8.34. The number of benzene rings is 1. The molecular weight excluding hydrogens is 306 g/mol. The molecule has 0 aliphatic carbocycles.